The first-order chi connectivity index (χ1) is 8.70. The summed E-state index contributed by atoms with van der Waals surface area (Å²) in [6.45, 7) is 4.14. The van der Waals surface area contributed by atoms with Crippen molar-refractivity contribution in [2.75, 3.05) is 6.61 Å². The first kappa shape index (κ1) is 11.3. The molecule has 0 aromatic carbocycles. The van der Waals surface area contributed by atoms with Gasteiger partial charge < -0.3 is 4.74 Å². The van der Waals surface area contributed by atoms with Gasteiger partial charge in [0, 0.05) is 0 Å². The number of carbonyl (C=O) groups is 1. The van der Waals surface area contributed by atoms with Gasteiger partial charge in [0.25, 0.3) is 0 Å². The van der Waals surface area contributed by atoms with Crippen molar-refractivity contribution in [2.24, 2.45) is 0 Å². The van der Waals surface area contributed by atoms with Crippen molar-refractivity contribution in [3.05, 3.63) is 34.5 Å². The van der Waals surface area contributed by atoms with Gasteiger partial charge in [-0.15, -0.1) is 0 Å². The molecule has 4 nitrogen and oxygen atoms in total. The SMILES string of the molecule is CCOC(=O)C1=Cc2c(C)nc3cccc(n23)S1. The molecule has 1 aliphatic rings. The number of aryl methyl sites for hydroxylation is 1. The van der Waals surface area contributed by atoms with Crippen LogP contribution in [0.3, 0.4) is 0 Å². The van der Waals surface area contributed by atoms with E-state index >= 15 is 0 Å². The molecule has 0 fully saturated rings. The molecular formula is C13H12N2O2S. The third-order valence-electron chi connectivity index (χ3n) is 2.79. The number of thioether (sulfide) groups is 1. The van der Waals surface area contributed by atoms with Crippen molar-refractivity contribution < 1.29 is 9.53 Å². The number of imidazole rings is 1. The molecule has 0 radical (unpaired) electrons. The second-order valence-corrected chi connectivity index (χ2v) is 5.03. The van der Waals surface area contributed by atoms with Gasteiger partial charge in [0.1, 0.15) is 10.6 Å². The molecule has 0 saturated carbocycles. The van der Waals surface area contributed by atoms with Crippen LogP contribution in [0.5, 0.6) is 0 Å². The summed E-state index contributed by atoms with van der Waals surface area (Å²) in [6, 6.07) is 5.89. The molecule has 3 heterocycles. The maximum absolute atomic E-state index is 11.8. The van der Waals surface area contributed by atoms with Crippen molar-refractivity contribution in [1.29, 1.82) is 0 Å². The largest absolute Gasteiger partial charge is 0.462 e. The van der Waals surface area contributed by atoms with E-state index < -0.39 is 0 Å². The van der Waals surface area contributed by atoms with Gasteiger partial charge in [-0.05, 0) is 32.1 Å². The van der Waals surface area contributed by atoms with Crippen LogP contribution in [-0.4, -0.2) is 22.0 Å². The Balaban J connectivity index is 2.16. The van der Waals surface area contributed by atoms with Crippen LogP contribution in [0.2, 0.25) is 0 Å². The molecule has 92 valence electrons. The Kier molecular flexibility index (Phi) is 2.63. The zero-order chi connectivity index (χ0) is 12.7. The molecule has 0 amide bonds. The van der Waals surface area contributed by atoms with Crippen LogP contribution in [0.4, 0.5) is 0 Å². The standard InChI is InChI=1S/C13H12N2O2S/c1-3-17-13(16)10-7-9-8(2)14-11-5-4-6-12(18-10)15(9)11/h4-7H,3H2,1-2H3. The molecule has 0 N–H and O–H groups in total. The molecular weight excluding hydrogens is 248 g/mol. The van der Waals surface area contributed by atoms with Gasteiger partial charge in [0.15, 0.2) is 0 Å². The van der Waals surface area contributed by atoms with E-state index in [4.69, 9.17) is 4.74 Å². The maximum atomic E-state index is 11.8. The van der Waals surface area contributed by atoms with E-state index in [2.05, 4.69) is 9.38 Å². The van der Waals surface area contributed by atoms with Crippen LogP contribution in [0.15, 0.2) is 28.1 Å². The van der Waals surface area contributed by atoms with Gasteiger partial charge in [-0.2, -0.15) is 0 Å². The summed E-state index contributed by atoms with van der Waals surface area (Å²) in [6.07, 6.45) is 1.85. The lowest BCUT2D eigenvalue weighted by Gasteiger charge is -2.14. The zero-order valence-electron chi connectivity index (χ0n) is 10.1. The highest BCUT2D eigenvalue weighted by atomic mass is 32.2. The van der Waals surface area contributed by atoms with Crippen LogP contribution < -0.4 is 0 Å². The number of ether oxygens (including phenoxy) is 1. The fourth-order valence-corrected chi connectivity index (χ4v) is 2.98. The third-order valence-corrected chi connectivity index (χ3v) is 3.82. The van der Waals surface area contributed by atoms with Crippen molar-refractivity contribution in [3.8, 4) is 0 Å². The Morgan fingerprint density at radius 2 is 2.33 bits per heavy atom. The first-order valence-electron chi connectivity index (χ1n) is 5.75. The van der Waals surface area contributed by atoms with E-state index in [0.29, 0.717) is 11.5 Å². The number of esters is 1. The summed E-state index contributed by atoms with van der Waals surface area (Å²) in [4.78, 5) is 16.9. The quantitative estimate of drug-likeness (QED) is 0.779. The fraction of sp³-hybridized carbons (Fsp3) is 0.231. The van der Waals surface area contributed by atoms with E-state index in [9.17, 15) is 4.79 Å². The number of carbonyl (C=O) groups excluding carboxylic acids is 1. The summed E-state index contributed by atoms with van der Waals surface area (Å²) >= 11 is 1.42. The molecule has 2 aromatic rings. The minimum Gasteiger partial charge on any atom is -0.462 e. The molecule has 18 heavy (non-hydrogen) atoms. The van der Waals surface area contributed by atoms with Gasteiger partial charge in [-0.25, -0.2) is 9.78 Å². The Bertz CT molecular complexity index is 673. The summed E-state index contributed by atoms with van der Waals surface area (Å²) < 4.78 is 7.11. The van der Waals surface area contributed by atoms with Crippen molar-refractivity contribution in [1.82, 2.24) is 9.38 Å². The number of nitrogens with zero attached hydrogens (tertiary/aromatic N) is 2. The number of hydrogen-bond donors (Lipinski definition) is 0. The van der Waals surface area contributed by atoms with Crippen LogP contribution >= 0.6 is 11.8 Å². The second kappa shape index (κ2) is 4.17. The lowest BCUT2D eigenvalue weighted by Crippen LogP contribution is -2.09. The monoisotopic (exact) mass is 260 g/mol. The smallest absolute Gasteiger partial charge is 0.345 e. The minimum absolute atomic E-state index is 0.272. The Labute approximate surface area is 109 Å². The number of hydrogen-bond acceptors (Lipinski definition) is 4. The number of pyridine rings is 1. The average Bonchev–Trinajstić information content (AvgIpc) is 2.68. The molecule has 5 heteroatoms. The summed E-state index contributed by atoms with van der Waals surface area (Å²) in [5.41, 5.74) is 2.79. The highest BCUT2D eigenvalue weighted by molar-refractivity contribution is 8.04. The summed E-state index contributed by atoms with van der Waals surface area (Å²) in [7, 11) is 0. The first-order valence-corrected chi connectivity index (χ1v) is 6.57. The lowest BCUT2D eigenvalue weighted by atomic mass is 10.3. The van der Waals surface area contributed by atoms with Gasteiger partial charge in [-0.3, -0.25) is 4.40 Å². The Morgan fingerprint density at radius 3 is 3.11 bits per heavy atom. The summed E-state index contributed by atoms with van der Waals surface area (Å²) in [5.74, 6) is -0.272. The van der Waals surface area contributed by atoms with Crippen LogP contribution in [0, 0.1) is 6.92 Å². The molecule has 0 saturated heterocycles. The number of rotatable bonds is 2. The fourth-order valence-electron chi connectivity index (χ4n) is 2.02. The van der Waals surface area contributed by atoms with E-state index in [1.165, 1.54) is 11.8 Å². The van der Waals surface area contributed by atoms with Crippen molar-refractivity contribution >= 4 is 29.5 Å². The Morgan fingerprint density at radius 1 is 1.50 bits per heavy atom. The molecule has 0 spiro atoms. The lowest BCUT2D eigenvalue weighted by molar-refractivity contribution is -0.137. The van der Waals surface area contributed by atoms with Gasteiger partial charge in [0.05, 0.1) is 23.0 Å². The van der Waals surface area contributed by atoms with Crippen LogP contribution in [-0.2, 0) is 9.53 Å². The van der Waals surface area contributed by atoms with Crippen molar-refractivity contribution in [2.45, 2.75) is 18.9 Å². The number of aromatic nitrogens is 2. The highest BCUT2D eigenvalue weighted by Gasteiger charge is 2.22. The maximum Gasteiger partial charge on any atom is 0.345 e. The van der Waals surface area contributed by atoms with Crippen molar-refractivity contribution in [3.63, 3.8) is 0 Å². The van der Waals surface area contributed by atoms with E-state index in [0.717, 1.165) is 22.1 Å². The average molecular weight is 260 g/mol. The van der Waals surface area contributed by atoms with Gasteiger partial charge in [0.2, 0.25) is 0 Å². The normalized spacial score (nSPS) is 13.6. The predicted octanol–water partition coefficient (Wildman–Crippen LogP) is 2.65. The molecule has 1 aliphatic heterocycles. The predicted molar refractivity (Wildman–Crippen MR) is 70.4 cm³/mol. The Hall–Kier alpha value is -1.75. The van der Waals surface area contributed by atoms with Crippen LogP contribution in [0.1, 0.15) is 18.3 Å². The molecule has 0 bridgehead atoms. The molecule has 0 unspecified atom stereocenters. The van der Waals surface area contributed by atoms with Gasteiger partial charge >= 0.3 is 5.97 Å². The van der Waals surface area contributed by atoms with Crippen LogP contribution in [0.25, 0.3) is 11.7 Å². The molecule has 0 atom stereocenters. The van der Waals surface area contributed by atoms with E-state index in [1.54, 1.807) is 0 Å². The van der Waals surface area contributed by atoms with E-state index in [-0.39, 0.29) is 5.97 Å². The second-order valence-electron chi connectivity index (χ2n) is 3.97. The molecule has 2 aromatic heterocycles. The van der Waals surface area contributed by atoms with Gasteiger partial charge in [-0.1, -0.05) is 17.8 Å². The molecule has 3 rings (SSSR count). The highest BCUT2D eigenvalue weighted by Crippen LogP contribution is 2.35. The zero-order valence-corrected chi connectivity index (χ0v) is 11.0. The molecule has 0 aliphatic carbocycles. The minimum atomic E-state index is -0.272. The third kappa shape index (κ3) is 1.62. The van der Waals surface area contributed by atoms with E-state index in [1.807, 2.05) is 38.1 Å². The topological polar surface area (TPSA) is 43.6 Å². The summed E-state index contributed by atoms with van der Waals surface area (Å²) in [5, 5.41) is 0.994.